The Morgan fingerprint density at radius 2 is 1.38 bits per heavy atom. The molecule has 2 aromatic rings. The van der Waals surface area contributed by atoms with Crippen LogP contribution in [0.3, 0.4) is 0 Å². The van der Waals surface area contributed by atoms with Crippen LogP contribution in [0.1, 0.15) is 69.4 Å². The molecule has 0 aliphatic heterocycles. The van der Waals surface area contributed by atoms with E-state index in [0.29, 0.717) is 12.8 Å². The van der Waals surface area contributed by atoms with E-state index in [9.17, 15) is 14.4 Å². The van der Waals surface area contributed by atoms with Crippen LogP contribution in [0.4, 0.5) is 4.79 Å². The summed E-state index contributed by atoms with van der Waals surface area (Å²) in [5, 5.41) is 14.7. The van der Waals surface area contributed by atoms with E-state index in [-0.39, 0.29) is 37.3 Å². The highest BCUT2D eigenvalue weighted by molar-refractivity contribution is 5.80. The molecule has 0 bridgehead atoms. The third-order valence-electron chi connectivity index (χ3n) is 6.16. The molecule has 0 aromatic heterocycles. The predicted octanol–water partition coefficient (Wildman–Crippen LogP) is 4.84. The minimum Gasteiger partial charge on any atom is -0.481 e. The third kappa shape index (κ3) is 6.59. The fraction of sp³-hybridized carbons (Fsp3) is 0.444. The molecule has 2 amide bonds. The summed E-state index contributed by atoms with van der Waals surface area (Å²) < 4.78 is 5.61. The van der Waals surface area contributed by atoms with E-state index in [1.54, 1.807) is 0 Å². The molecule has 1 unspecified atom stereocenters. The average Bonchev–Trinajstić information content (AvgIpc) is 3.11. The molecule has 34 heavy (non-hydrogen) atoms. The van der Waals surface area contributed by atoms with Gasteiger partial charge < -0.3 is 20.5 Å². The van der Waals surface area contributed by atoms with Crippen molar-refractivity contribution < 1.29 is 24.2 Å². The molecule has 2 aromatic carbocycles. The Labute approximate surface area is 200 Å². The van der Waals surface area contributed by atoms with E-state index in [0.717, 1.165) is 35.1 Å². The van der Waals surface area contributed by atoms with Gasteiger partial charge in [0.1, 0.15) is 6.61 Å². The maximum absolute atomic E-state index is 12.6. The minimum atomic E-state index is -0.944. The summed E-state index contributed by atoms with van der Waals surface area (Å²) in [6.45, 7) is 4.14. The van der Waals surface area contributed by atoms with Crippen LogP contribution < -0.4 is 10.6 Å². The molecule has 3 rings (SSSR count). The smallest absolute Gasteiger partial charge is 0.407 e. The Kier molecular flexibility index (Phi) is 9.08. The number of carboxylic acids is 1. The van der Waals surface area contributed by atoms with Gasteiger partial charge in [-0.2, -0.15) is 0 Å². The molecule has 3 N–H and O–H groups in total. The van der Waals surface area contributed by atoms with E-state index in [1.165, 1.54) is 0 Å². The maximum Gasteiger partial charge on any atom is 0.407 e. The third-order valence-corrected chi connectivity index (χ3v) is 6.16. The highest BCUT2D eigenvalue weighted by Crippen LogP contribution is 2.44. The molecule has 7 heteroatoms. The van der Waals surface area contributed by atoms with Gasteiger partial charge in [-0.05, 0) is 35.1 Å². The highest BCUT2D eigenvalue weighted by Gasteiger charge is 2.29. The molecule has 0 spiro atoms. The van der Waals surface area contributed by atoms with Crippen molar-refractivity contribution in [3.8, 4) is 11.1 Å². The highest BCUT2D eigenvalue weighted by atomic mass is 16.5. The van der Waals surface area contributed by atoms with Gasteiger partial charge in [0.15, 0.2) is 0 Å². The fourth-order valence-corrected chi connectivity index (χ4v) is 4.68. The van der Waals surface area contributed by atoms with Crippen molar-refractivity contribution in [2.45, 2.75) is 70.4 Å². The second-order valence-electron chi connectivity index (χ2n) is 8.81. The maximum atomic E-state index is 12.6. The number of carboxylic acid groups (broad SMARTS) is 1. The number of carbonyl (C=O) groups excluding carboxylic acids is 2. The van der Waals surface area contributed by atoms with Crippen LogP contribution in [-0.2, 0) is 14.3 Å². The molecular weight excluding hydrogens is 432 g/mol. The molecule has 1 aliphatic carbocycles. The van der Waals surface area contributed by atoms with Crippen molar-refractivity contribution in [3.05, 3.63) is 59.7 Å². The van der Waals surface area contributed by atoms with E-state index in [2.05, 4.69) is 34.9 Å². The van der Waals surface area contributed by atoms with Gasteiger partial charge in [0.2, 0.25) is 5.91 Å². The monoisotopic (exact) mass is 466 g/mol. The molecule has 0 radical (unpaired) electrons. The number of benzene rings is 2. The molecule has 2 atom stereocenters. The van der Waals surface area contributed by atoms with Crippen molar-refractivity contribution >= 4 is 18.0 Å². The van der Waals surface area contributed by atoms with Gasteiger partial charge >= 0.3 is 12.1 Å². The number of alkyl carbamates (subject to hydrolysis) is 1. The second-order valence-corrected chi connectivity index (χ2v) is 8.81. The molecule has 1 aliphatic rings. The molecule has 0 saturated carbocycles. The van der Waals surface area contributed by atoms with E-state index in [4.69, 9.17) is 9.84 Å². The number of ether oxygens (including phenoxy) is 1. The van der Waals surface area contributed by atoms with E-state index in [1.807, 2.05) is 38.1 Å². The van der Waals surface area contributed by atoms with Gasteiger partial charge in [-0.15, -0.1) is 0 Å². The first-order valence-corrected chi connectivity index (χ1v) is 12.1. The predicted molar refractivity (Wildman–Crippen MR) is 131 cm³/mol. The number of hydrogen-bond acceptors (Lipinski definition) is 4. The topological polar surface area (TPSA) is 105 Å². The fourth-order valence-electron chi connectivity index (χ4n) is 4.68. The Hall–Kier alpha value is -3.35. The molecule has 0 heterocycles. The summed E-state index contributed by atoms with van der Waals surface area (Å²) in [5.74, 6) is -1.24. The average molecular weight is 467 g/mol. The van der Waals surface area contributed by atoms with Crippen LogP contribution in [-0.4, -0.2) is 41.8 Å². The normalized spacial score (nSPS) is 13.9. The van der Waals surface area contributed by atoms with Gasteiger partial charge in [-0.1, -0.05) is 75.2 Å². The first kappa shape index (κ1) is 25.3. The number of rotatable bonds is 12. The zero-order valence-electron chi connectivity index (χ0n) is 19.9. The summed E-state index contributed by atoms with van der Waals surface area (Å²) in [4.78, 5) is 36.2. The Morgan fingerprint density at radius 1 is 0.853 bits per heavy atom. The van der Waals surface area contributed by atoms with Crippen LogP contribution in [0.5, 0.6) is 0 Å². The number of hydrogen-bond donors (Lipinski definition) is 3. The second kappa shape index (κ2) is 12.2. The Bertz CT molecular complexity index is 961. The van der Waals surface area contributed by atoms with E-state index < -0.39 is 18.1 Å². The number of carbonyl (C=O) groups is 3. The molecule has 182 valence electrons. The summed E-state index contributed by atoms with van der Waals surface area (Å²) in [6.07, 6.45) is 2.19. The molecule has 0 saturated heterocycles. The van der Waals surface area contributed by atoms with Crippen molar-refractivity contribution in [2.24, 2.45) is 0 Å². The summed E-state index contributed by atoms with van der Waals surface area (Å²) in [5.41, 5.74) is 4.61. The zero-order chi connectivity index (χ0) is 24.5. The summed E-state index contributed by atoms with van der Waals surface area (Å²) in [7, 11) is 0. The Balaban J connectivity index is 1.57. The van der Waals surface area contributed by atoms with Crippen molar-refractivity contribution in [1.82, 2.24) is 10.6 Å². The van der Waals surface area contributed by atoms with Gasteiger partial charge in [0.05, 0.1) is 6.42 Å². The number of aliphatic carboxylic acids is 1. The van der Waals surface area contributed by atoms with Crippen molar-refractivity contribution in [2.75, 3.05) is 6.61 Å². The van der Waals surface area contributed by atoms with Gasteiger partial charge in [0.25, 0.3) is 0 Å². The molecule has 7 nitrogen and oxygen atoms in total. The lowest BCUT2D eigenvalue weighted by Gasteiger charge is -2.21. The van der Waals surface area contributed by atoms with Crippen LogP contribution in [0.2, 0.25) is 0 Å². The molecular formula is C27H34N2O5. The lowest BCUT2D eigenvalue weighted by Crippen LogP contribution is -2.42. The zero-order valence-corrected chi connectivity index (χ0v) is 19.9. The van der Waals surface area contributed by atoms with Crippen LogP contribution in [0.25, 0.3) is 11.1 Å². The largest absolute Gasteiger partial charge is 0.481 e. The van der Waals surface area contributed by atoms with Gasteiger partial charge in [0, 0.05) is 24.4 Å². The van der Waals surface area contributed by atoms with Crippen molar-refractivity contribution in [3.63, 3.8) is 0 Å². The first-order valence-electron chi connectivity index (χ1n) is 12.1. The lowest BCUT2D eigenvalue weighted by atomic mass is 9.98. The lowest BCUT2D eigenvalue weighted by molar-refractivity contribution is -0.137. The standard InChI is InChI=1S/C27H34N2O5/c1-3-9-18(15-25(30)28-19(10-4-2)16-26(31)32)29-27(33)34-17-24-22-13-7-5-11-20(22)21-12-6-8-14-23(21)24/h5-8,11-14,18-19,24H,3-4,9-10,15-17H2,1-2H3,(H,28,30)(H,29,33)(H,31,32)/t18?,19-/m1/s1. The van der Waals surface area contributed by atoms with Crippen LogP contribution >= 0.6 is 0 Å². The minimum absolute atomic E-state index is 0.0307. The SMILES string of the molecule is CCCC(CC(=O)N[C@H](CCC)CC(=O)O)NC(=O)OCC1c2ccccc2-c2ccccc21. The quantitative estimate of drug-likeness (QED) is 0.415. The number of nitrogens with one attached hydrogen (secondary N) is 2. The number of fused-ring (bicyclic) bond motifs is 3. The number of amides is 2. The van der Waals surface area contributed by atoms with Crippen molar-refractivity contribution in [1.29, 1.82) is 0 Å². The van der Waals surface area contributed by atoms with E-state index >= 15 is 0 Å². The van der Waals surface area contributed by atoms with Gasteiger partial charge in [-0.25, -0.2) is 4.79 Å². The van der Waals surface area contributed by atoms with Crippen LogP contribution in [0, 0.1) is 0 Å². The first-order chi connectivity index (χ1) is 16.4. The summed E-state index contributed by atoms with van der Waals surface area (Å²) in [6, 6.07) is 15.5. The Morgan fingerprint density at radius 3 is 1.91 bits per heavy atom. The summed E-state index contributed by atoms with van der Waals surface area (Å²) >= 11 is 0. The van der Waals surface area contributed by atoms with Crippen LogP contribution in [0.15, 0.2) is 48.5 Å². The van der Waals surface area contributed by atoms with Gasteiger partial charge in [-0.3, -0.25) is 9.59 Å². The molecule has 0 fully saturated rings.